The average molecular weight is 448 g/mol. The maximum Gasteiger partial charge on any atom is 0.147 e. The number of fused-ring (bicyclic) bond motifs is 4. The van der Waals surface area contributed by atoms with Gasteiger partial charge in [-0.25, -0.2) is 9.97 Å². The van der Waals surface area contributed by atoms with Gasteiger partial charge in [-0.3, -0.25) is 4.57 Å². The van der Waals surface area contributed by atoms with E-state index in [4.69, 9.17) is 9.97 Å². The zero-order chi connectivity index (χ0) is 22.7. The Balaban J connectivity index is 1.64. The molecule has 0 amide bonds. The van der Waals surface area contributed by atoms with Crippen LogP contribution in [0.3, 0.4) is 0 Å². The molecule has 162 valence electrons. The summed E-state index contributed by atoms with van der Waals surface area (Å²) in [5, 5.41) is 2.45. The quantitative estimate of drug-likeness (QED) is 0.269. The second-order valence-corrected chi connectivity index (χ2v) is 10.6. The van der Waals surface area contributed by atoms with Crippen molar-refractivity contribution in [2.75, 3.05) is 0 Å². The Kier molecular flexibility index (Phi) is 4.43. The van der Waals surface area contributed by atoms with Crippen molar-refractivity contribution < 1.29 is 0 Å². The third-order valence-corrected chi connectivity index (χ3v) is 7.45. The van der Waals surface area contributed by atoms with Crippen LogP contribution in [-0.2, 0) is 5.41 Å². The fourth-order valence-electron chi connectivity index (χ4n) is 4.53. The zero-order valence-corrected chi connectivity index (χ0v) is 20.1. The highest BCUT2D eigenvalue weighted by Gasteiger charge is 2.19. The molecule has 0 radical (unpaired) electrons. The topological polar surface area (TPSA) is 30.7 Å². The molecule has 0 aliphatic rings. The van der Waals surface area contributed by atoms with E-state index >= 15 is 0 Å². The fraction of sp³-hybridized carbons (Fsp3) is 0.172. The highest BCUT2D eigenvalue weighted by molar-refractivity contribution is 7.26. The third-order valence-electron chi connectivity index (χ3n) is 6.30. The van der Waals surface area contributed by atoms with Gasteiger partial charge < -0.3 is 0 Å². The number of thiophene rings is 1. The largest absolute Gasteiger partial charge is 0.292 e. The molecule has 4 heteroatoms. The van der Waals surface area contributed by atoms with Gasteiger partial charge in [-0.2, -0.15) is 0 Å². The molecule has 0 aliphatic heterocycles. The second-order valence-electron chi connectivity index (χ2n) is 9.65. The molecular weight excluding hydrogens is 422 g/mol. The van der Waals surface area contributed by atoms with Gasteiger partial charge in [0.2, 0.25) is 0 Å². The number of nitrogens with zero attached hydrogens (tertiary/aromatic N) is 3. The summed E-state index contributed by atoms with van der Waals surface area (Å²) in [6, 6.07) is 28.1. The normalized spacial score (nSPS) is 12.2. The van der Waals surface area contributed by atoms with Crippen molar-refractivity contribution in [2.24, 2.45) is 0 Å². The zero-order valence-electron chi connectivity index (χ0n) is 19.3. The van der Waals surface area contributed by atoms with Crippen molar-refractivity contribution in [1.29, 1.82) is 0 Å². The van der Waals surface area contributed by atoms with Crippen LogP contribution in [-0.4, -0.2) is 14.5 Å². The molecule has 0 aliphatic carbocycles. The van der Waals surface area contributed by atoms with E-state index in [-0.39, 0.29) is 5.41 Å². The summed E-state index contributed by atoms with van der Waals surface area (Å²) >= 11 is 1.75. The smallest absolute Gasteiger partial charge is 0.147 e. The van der Waals surface area contributed by atoms with E-state index in [9.17, 15) is 0 Å². The fourth-order valence-corrected chi connectivity index (χ4v) is 5.75. The van der Waals surface area contributed by atoms with Crippen molar-refractivity contribution in [3.05, 3.63) is 90.1 Å². The SMILES string of the molecule is Cc1ccc2c(n1)sc1c(-c3nc4ccccc4n3-c3ccc(C(C)(C)C)cc3)cccc12. The molecule has 0 atom stereocenters. The van der Waals surface area contributed by atoms with Crippen LogP contribution in [0.4, 0.5) is 0 Å². The molecule has 3 aromatic carbocycles. The number of rotatable bonds is 2. The molecule has 0 saturated carbocycles. The van der Waals surface area contributed by atoms with Gasteiger partial charge in [-0.1, -0.05) is 57.2 Å². The van der Waals surface area contributed by atoms with Crippen molar-refractivity contribution in [2.45, 2.75) is 33.1 Å². The third kappa shape index (κ3) is 3.25. The van der Waals surface area contributed by atoms with Gasteiger partial charge in [0.25, 0.3) is 0 Å². The average Bonchev–Trinajstić information content (AvgIpc) is 3.36. The van der Waals surface area contributed by atoms with Crippen LogP contribution < -0.4 is 0 Å². The number of aryl methyl sites for hydroxylation is 1. The number of aromatic nitrogens is 3. The van der Waals surface area contributed by atoms with Gasteiger partial charge >= 0.3 is 0 Å². The number of para-hydroxylation sites is 2. The van der Waals surface area contributed by atoms with Crippen molar-refractivity contribution in [3.63, 3.8) is 0 Å². The summed E-state index contributed by atoms with van der Waals surface area (Å²) in [6.45, 7) is 8.79. The molecule has 0 spiro atoms. The first kappa shape index (κ1) is 20.1. The van der Waals surface area contributed by atoms with Crippen molar-refractivity contribution >= 4 is 42.7 Å². The molecule has 0 unspecified atom stereocenters. The lowest BCUT2D eigenvalue weighted by molar-refractivity contribution is 0.590. The Hall–Kier alpha value is -3.50. The summed E-state index contributed by atoms with van der Waals surface area (Å²) in [5.41, 5.74) is 6.87. The molecule has 3 nitrogen and oxygen atoms in total. The Morgan fingerprint density at radius 3 is 2.33 bits per heavy atom. The van der Waals surface area contributed by atoms with E-state index in [0.717, 1.165) is 38.6 Å². The summed E-state index contributed by atoms with van der Waals surface area (Å²) in [7, 11) is 0. The van der Waals surface area contributed by atoms with Crippen LogP contribution in [0.15, 0.2) is 78.9 Å². The Labute approximate surface area is 197 Å². The van der Waals surface area contributed by atoms with Crippen LogP contribution in [0.25, 0.3) is 48.4 Å². The first-order valence-corrected chi connectivity index (χ1v) is 12.1. The maximum absolute atomic E-state index is 5.12. The van der Waals surface area contributed by atoms with Gasteiger partial charge in [0, 0.05) is 32.4 Å². The number of benzene rings is 3. The Morgan fingerprint density at radius 2 is 1.55 bits per heavy atom. The number of hydrogen-bond acceptors (Lipinski definition) is 3. The van der Waals surface area contributed by atoms with Gasteiger partial charge in [0.05, 0.1) is 11.0 Å². The molecule has 0 bridgehead atoms. The lowest BCUT2D eigenvalue weighted by atomic mass is 9.87. The Morgan fingerprint density at radius 1 is 0.758 bits per heavy atom. The van der Waals surface area contributed by atoms with E-state index < -0.39 is 0 Å². The summed E-state index contributed by atoms with van der Waals surface area (Å²) in [5.74, 6) is 0.966. The van der Waals surface area contributed by atoms with Gasteiger partial charge in [0.15, 0.2) is 0 Å². The first-order valence-electron chi connectivity index (χ1n) is 11.3. The molecule has 6 rings (SSSR count). The monoisotopic (exact) mass is 447 g/mol. The van der Waals surface area contributed by atoms with Crippen LogP contribution in [0, 0.1) is 6.92 Å². The lowest BCUT2D eigenvalue weighted by Gasteiger charge is -2.19. The molecule has 33 heavy (non-hydrogen) atoms. The van der Waals surface area contributed by atoms with E-state index in [0.29, 0.717) is 0 Å². The second kappa shape index (κ2) is 7.26. The molecule has 0 N–H and O–H groups in total. The highest BCUT2D eigenvalue weighted by Crippen LogP contribution is 2.40. The van der Waals surface area contributed by atoms with Crippen LogP contribution in [0.1, 0.15) is 32.0 Å². The minimum Gasteiger partial charge on any atom is -0.292 e. The lowest BCUT2D eigenvalue weighted by Crippen LogP contribution is -2.11. The molecule has 3 heterocycles. The minimum atomic E-state index is 0.117. The number of pyridine rings is 1. The summed E-state index contributed by atoms with van der Waals surface area (Å²) < 4.78 is 3.52. The van der Waals surface area contributed by atoms with Crippen LogP contribution in [0.5, 0.6) is 0 Å². The summed E-state index contributed by atoms with van der Waals surface area (Å²) in [4.78, 5) is 11.0. The van der Waals surface area contributed by atoms with Crippen molar-refractivity contribution in [1.82, 2.24) is 14.5 Å². The van der Waals surface area contributed by atoms with Gasteiger partial charge in [-0.15, -0.1) is 11.3 Å². The predicted octanol–water partition coefficient (Wildman–Crippen LogP) is 8.06. The summed E-state index contributed by atoms with van der Waals surface area (Å²) in [6.07, 6.45) is 0. The molecule has 6 aromatic rings. The molecule has 0 saturated heterocycles. The molecule has 3 aromatic heterocycles. The number of hydrogen-bond donors (Lipinski definition) is 0. The molecule has 0 fully saturated rings. The minimum absolute atomic E-state index is 0.117. The van der Waals surface area contributed by atoms with Crippen molar-refractivity contribution in [3.8, 4) is 17.1 Å². The maximum atomic E-state index is 5.12. The van der Waals surface area contributed by atoms with E-state index in [1.54, 1.807) is 11.3 Å². The highest BCUT2D eigenvalue weighted by atomic mass is 32.1. The van der Waals surface area contributed by atoms with Crippen LogP contribution >= 0.6 is 11.3 Å². The van der Waals surface area contributed by atoms with E-state index in [1.807, 2.05) is 6.92 Å². The van der Waals surface area contributed by atoms with E-state index in [1.165, 1.54) is 21.0 Å². The van der Waals surface area contributed by atoms with Gasteiger partial charge in [-0.05, 0) is 60.4 Å². The van der Waals surface area contributed by atoms with Gasteiger partial charge in [0.1, 0.15) is 10.7 Å². The Bertz CT molecular complexity index is 1650. The first-order chi connectivity index (χ1) is 15.9. The van der Waals surface area contributed by atoms with Crippen LogP contribution in [0.2, 0.25) is 0 Å². The predicted molar refractivity (Wildman–Crippen MR) is 141 cm³/mol. The van der Waals surface area contributed by atoms with E-state index in [2.05, 4.69) is 104 Å². The standard InChI is InChI=1S/C29H25N3S/c1-18-12-17-22-21-8-7-9-23(26(21)33-28(22)30-18)27-31-24-10-5-6-11-25(24)32(27)20-15-13-19(14-16-20)29(2,3)4/h5-17H,1-4H3. The molecular formula is C29H25N3S. The number of imidazole rings is 1.